The Morgan fingerprint density at radius 3 is 2.71 bits per heavy atom. The molecule has 0 fully saturated rings. The van der Waals surface area contributed by atoms with Crippen LogP contribution in [-0.2, 0) is 16.0 Å². The minimum absolute atomic E-state index is 0.0158. The Balaban J connectivity index is 1.49. The van der Waals surface area contributed by atoms with Crippen LogP contribution in [-0.4, -0.2) is 22.4 Å². The summed E-state index contributed by atoms with van der Waals surface area (Å²) in [6, 6.07) is 5.85. The van der Waals surface area contributed by atoms with Crippen molar-refractivity contribution >= 4 is 23.2 Å². The number of nitro benzene ring substituents is 1. The average molecular weight is 377 g/mol. The van der Waals surface area contributed by atoms with Gasteiger partial charge in [0.05, 0.1) is 17.1 Å². The van der Waals surface area contributed by atoms with Gasteiger partial charge in [-0.15, -0.1) is 0 Å². The second-order valence-electron chi connectivity index (χ2n) is 7.13. The van der Waals surface area contributed by atoms with Crippen molar-refractivity contribution in [2.75, 3.05) is 0 Å². The summed E-state index contributed by atoms with van der Waals surface area (Å²) in [4.78, 5) is 38.9. The molecular weight excluding hydrogens is 358 g/mol. The molecule has 1 unspecified atom stereocenters. The normalized spacial score (nSPS) is 22.3. The van der Waals surface area contributed by atoms with Crippen LogP contribution in [0.2, 0.25) is 0 Å². The molecule has 7 heteroatoms. The summed E-state index contributed by atoms with van der Waals surface area (Å²) in [5, 5.41) is 13.6. The number of non-ortho nitro benzene ring substituents is 1. The van der Waals surface area contributed by atoms with Crippen molar-refractivity contribution in [3.63, 3.8) is 0 Å². The topological polar surface area (TPSA) is 102 Å². The third-order valence-corrected chi connectivity index (χ3v) is 5.27. The van der Waals surface area contributed by atoms with Crippen LogP contribution in [0.1, 0.15) is 31.2 Å². The Morgan fingerprint density at radius 1 is 1.21 bits per heavy atom. The van der Waals surface area contributed by atoms with E-state index in [-0.39, 0.29) is 29.8 Å². The van der Waals surface area contributed by atoms with Crippen molar-refractivity contribution in [1.82, 2.24) is 5.32 Å². The van der Waals surface area contributed by atoms with E-state index in [9.17, 15) is 19.7 Å². The number of aliphatic imine (C=N–C) groups is 1. The molecule has 1 aliphatic heterocycles. The highest BCUT2D eigenvalue weighted by molar-refractivity contribution is 6.11. The molecule has 1 aromatic rings. The number of nitrogens with one attached hydrogen (secondary N) is 1. The Bertz CT molecular complexity index is 983. The summed E-state index contributed by atoms with van der Waals surface area (Å²) in [5.41, 5.74) is 4.01. The molecule has 0 bridgehead atoms. The second-order valence-corrected chi connectivity index (χ2v) is 7.13. The Kier molecular flexibility index (Phi) is 4.73. The monoisotopic (exact) mass is 377 g/mol. The first-order chi connectivity index (χ1) is 13.5. The number of fused-ring (bicyclic) bond motifs is 2. The number of hydrogen-bond donors (Lipinski definition) is 1. The maximum atomic E-state index is 12.3. The van der Waals surface area contributed by atoms with Gasteiger partial charge in [-0.05, 0) is 49.0 Å². The first-order valence-electron chi connectivity index (χ1n) is 9.29. The third-order valence-electron chi connectivity index (χ3n) is 5.27. The molecule has 0 radical (unpaired) electrons. The van der Waals surface area contributed by atoms with E-state index in [2.05, 4.69) is 10.3 Å². The van der Waals surface area contributed by atoms with E-state index in [0.717, 1.165) is 37.0 Å². The molecule has 0 saturated heterocycles. The number of nitro groups is 1. The van der Waals surface area contributed by atoms with E-state index < -0.39 is 4.92 Å². The molecule has 1 aromatic carbocycles. The fourth-order valence-electron chi connectivity index (χ4n) is 3.91. The highest BCUT2D eigenvalue weighted by Gasteiger charge is 2.33. The number of rotatable bonds is 3. The van der Waals surface area contributed by atoms with Gasteiger partial charge >= 0.3 is 0 Å². The molecule has 0 saturated carbocycles. The van der Waals surface area contributed by atoms with Crippen LogP contribution in [0.25, 0.3) is 0 Å². The average Bonchev–Trinajstić information content (AvgIpc) is 2.68. The minimum atomic E-state index is -0.479. The van der Waals surface area contributed by atoms with E-state index >= 15 is 0 Å². The number of hydrogen-bond acceptors (Lipinski definition) is 4. The summed E-state index contributed by atoms with van der Waals surface area (Å²) < 4.78 is 0. The molecule has 4 rings (SSSR count). The lowest BCUT2D eigenvalue weighted by atomic mass is 9.77. The van der Waals surface area contributed by atoms with Gasteiger partial charge in [-0.3, -0.25) is 19.7 Å². The predicted molar refractivity (Wildman–Crippen MR) is 104 cm³/mol. The summed E-state index contributed by atoms with van der Waals surface area (Å²) >= 11 is 0. The van der Waals surface area contributed by atoms with Crippen molar-refractivity contribution in [3.05, 3.63) is 75.0 Å². The van der Waals surface area contributed by atoms with E-state index in [0.29, 0.717) is 11.3 Å². The fourth-order valence-corrected chi connectivity index (χ4v) is 3.91. The summed E-state index contributed by atoms with van der Waals surface area (Å²) in [5.74, 6) is -0.315. The van der Waals surface area contributed by atoms with Gasteiger partial charge < -0.3 is 5.32 Å². The van der Waals surface area contributed by atoms with Gasteiger partial charge in [-0.2, -0.15) is 0 Å². The van der Waals surface area contributed by atoms with E-state index in [1.165, 1.54) is 17.7 Å². The first kappa shape index (κ1) is 18.0. The van der Waals surface area contributed by atoms with Gasteiger partial charge in [0.15, 0.2) is 0 Å². The second kappa shape index (κ2) is 7.34. The zero-order chi connectivity index (χ0) is 19.7. The quantitative estimate of drug-likeness (QED) is 0.645. The minimum Gasteiger partial charge on any atom is -0.325 e. The van der Waals surface area contributed by atoms with Crippen LogP contribution in [0.5, 0.6) is 0 Å². The number of carbonyl (C=O) groups excluding carboxylic acids is 2. The van der Waals surface area contributed by atoms with Crippen molar-refractivity contribution in [2.24, 2.45) is 10.9 Å². The zero-order valence-electron chi connectivity index (χ0n) is 15.2. The largest absolute Gasteiger partial charge is 0.325 e. The molecule has 0 spiro atoms. The molecule has 1 heterocycles. The van der Waals surface area contributed by atoms with Gasteiger partial charge in [0.2, 0.25) is 0 Å². The standard InChI is InChI=1S/C21H19N3O4/c25-20(11-13-5-8-15(9-6-13)24(27)28)22-14-7-10-17-16-3-1-2-4-18(16)21(26)23-19(17)12-14/h5-10,12,17H,1-4,11H2,(H,23,26). The number of benzene rings is 1. The summed E-state index contributed by atoms with van der Waals surface area (Å²) in [6.07, 6.45) is 9.53. The Hall–Kier alpha value is -3.35. The molecular formula is C21H19N3O4. The van der Waals surface area contributed by atoms with Crippen LogP contribution in [0.15, 0.2) is 64.3 Å². The van der Waals surface area contributed by atoms with Crippen LogP contribution < -0.4 is 5.32 Å². The Labute approximate surface area is 161 Å². The van der Waals surface area contributed by atoms with Crippen LogP contribution in [0, 0.1) is 16.0 Å². The molecule has 7 nitrogen and oxygen atoms in total. The van der Waals surface area contributed by atoms with Crippen molar-refractivity contribution in [3.8, 4) is 0 Å². The van der Waals surface area contributed by atoms with Crippen LogP contribution in [0.3, 0.4) is 0 Å². The highest BCUT2D eigenvalue weighted by Crippen LogP contribution is 2.38. The van der Waals surface area contributed by atoms with Gasteiger partial charge in [0.1, 0.15) is 0 Å². The van der Waals surface area contributed by atoms with Crippen LogP contribution in [0.4, 0.5) is 5.69 Å². The molecule has 2 amide bonds. The molecule has 3 aliphatic rings. The van der Waals surface area contributed by atoms with Crippen LogP contribution >= 0.6 is 0 Å². The van der Waals surface area contributed by atoms with Crippen molar-refractivity contribution < 1.29 is 14.5 Å². The number of carbonyl (C=O) groups is 2. The van der Waals surface area contributed by atoms with Gasteiger partial charge in [0, 0.05) is 29.3 Å². The maximum absolute atomic E-state index is 12.3. The van der Waals surface area contributed by atoms with Gasteiger partial charge in [-0.25, -0.2) is 4.99 Å². The lowest BCUT2D eigenvalue weighted by molar-refractivity contribution is -0.384. The lowest BCUT2D eigenvalue weighted by Crippen LogP contribution is -2.37. The smallest absolute Gasteiger partial charge is 0.269 e. The summed E-state index contributed by atoms with van der Waals surface area (Å²) in [6.45, 7) is 0. The lowest BCUT2D eigenvalue weighted by Gasteiger charge is -2.33. The molecule has 28 heavy (non-hydrogen) atoms. The molecule has 1 N–H and O–H groups in total. The van der Waals surface area contributed by atoms with Gasteiger partial charge in [0.25, 0.3) is 17.5 Å². The Morgan fingerprint density at radius 2 is 1.96 bits per heavy atom. The zero-order valence-corrected chi connectivity index (χ0v) is 15.2. The summed E-state index contributed by atoms with van der Waals surface area (Å²) in [7, 11) is 0. The predicted octanol–water partition coefficient (Wildman–Crippen LogP) is 3.18. The van der Waals surface area contributed by atoms with E-state index in [1.807, 2.05) is 12.2 Å². The highest BCUT2D eigenvalue weighted by atomic mass is 16.6. The van der Waals surface area contributed by atoms with E-state index in [1.54, 1.807) is 18.2 Å². The van der Waals surface area contributed by atoms with E-state index in [4.69, 9.17) is 0 Å². The number of allylic oxidation sites excluding steroid dienone is 3. The maximum Gasteiger partial charge on any atom is 0.269 e. The SMILES string of the molecule is O=C(Cc1ccc([N+](=O)[O-])cc1)N=C1C=CC2C(=C1)NC(=O)C1=C2CCCC1. The van der Waals surface area contributed by atoms with Gasteiger partial charge in [-0.1, -0.05) is 18.2 Å². The number of amides is 2. The van der Waals surface area contributed by atoms with Crippen molar-refractivity contribution in [1.29, 1.82) is 0 Å². The number of nitrogens with zero attached hydrogens (tertiary/aromatic N) is 2. The van der Waals surface area contributed by atoms with Crippen molar-refractivity contribution in [2.45, 2.75) is 32.1 Å². The fraction of sp³-hybridized carbons (Fsp3) is 0.286. The molecule has 1 atom stereocenters. The molecule has 2 aliphatic carbocycles. The third kappa shape index (κ3) is 3.55. The molecule has 0 aromatic heterocycles. The first-order valence-corrected chi connectivity index (χ1v) is 9.29. The molecule has 142 valence electrons.